The Bertz CT molecular complexity index is 1230. The SMILES string of the molecule is Cc1cccc(NC(=O)C(C)NS(=O)(=O)c2cc(-c3noc(C4CC4)n3)ccc2C)c1. The number of sulfonamides is 1. The summed E-state index contributed by atoms with van der Waals surface area (Å²) < 4.78 is 33.8. The number of aryl methyl sites for hydroxylation is 2. The Hall–Kier alpha value is -3.04. The van der Waals surface area contributed by atoms with Crippen molar-refractivity contribution < 1.29 is 17.7 Å². The Labute approximate surface area is 181 Å². The van der Waals surface area contributed by atoms with E-state index in [0.29, 0.717) is 34.4 Å². The maximum absolute atomic E-state index is 13.0. The molecule has 1 fully saturated rings. The molecule has 0 radical (unpaired) electrons. The summed E-state index contributed by atoms with van der Waals surface area (Å²) in [6.07, 6.45) is 2.06. The van der Waals surface area contributed by atoms with E-state index in [1.54, 1.807) is 25.1 Å². The summed E-state index contributed by atoms with van der Waals surface area (Å²) in [4.78, 5) is 17.0. The topological polar surface area (TPSA) is 114 Å². The predicted molar refractivity (Wildman–Crippen MR) is 116 cm³/mol. The fourth-order valence-corrected chi connectivity index (χ4v) is 4.67. The van der Waals surface area contributed by atoms with Crippen LogP contribution in [0.4, 0.5) is 5.69 Å². The Morgan fingerprint density at radius 1 is 1.16 bits per heavy atom. The molecular formula is C22H24N4O4S. The van der Waals surface area contributed by atoms with Crippen molar-refractivity contribution in [3.8, 4) is 11.4 Å². The van der Waals surface area contributed by atoms with Gasteiger partial charge >= 0.3 is 0 Å². The first kappa shape index (κ1) is 21.2. The molecule has 1 heterocycles. The van der Waals surface area contributed by atoms with Gasteiger partial charge in [-0.05, 0) is 62.9 Å². The average Bonchev–Trinajstić information content (AvgIpc) is 3.45. The second kappa shape index (κ2) is 8.24. The molecule has 0 spiro atoms. The maximum atomic E-state index is 13.0. The van der Waals surface area contributed by atoms with E-state index in [0.717, 1.165) is 18.4 Å². The molecule has 3 aromatic rings. The molecule has 0 bridgehead atoms. The van der Waals surface area contributed by atoms with Gasteiger partial charge in [0.05, 0.1) is 10.9 Å². The molecule has 1 unspecified atom stereocenters. The van der Waals surface area contributed by atoms with Crippen LogP contribution in [-0.2, 0) is 14.8 Å². The van der Waals surface area contributed by atoms with Crippen LogP contribution in [-0.4, -0.2) is 30.5 Å². The largest absolute Gasteiger partial charge is 0.339 e. The number of nitrogens with zero attached hydrogens (tertiary/aromatic N) is 2. The van der Waals surface area contributed by atoms with Crippen LogP contribution in [0.2, 0.25) is 0 Å². The third-order valence-corrected chi connectivity index (χ3v) is 6.80. The highest BCUT2D eigenvalue weighted by atomic mass is 32.2. The molecule has 1 aliphatic carbocycles. The summed E-state index contributed by atoms with van der Waals surface area (Å²) in [6.45, 7) is 5.11. The summed E-state index contributed by atoms with van der Waals surface area (Å²) in [6, 6.07) is 11.3. The van der Waals surface area contributed by atoms with E-state index in [-0.39, 0.29) is 4.90 Å². The summed E-state index contributed by atoms with van der Waals surface area (Å²) in [5.74, 6) is 0.794. The number of aromatic nitrogens is 2. The van der Waals surface area contributed by atoms with Crippen molar-refractivity contribution >= 4 is 21.6 Å². The zero-order valence-corrected chi connectivity index (χ0v) is 18.4. The van der Waals surface area contributed by atoms with Gasteiger partial charge in [0.1, 0.15) is 0 Å². The summed E-state index contributed by atoms with van der Waals surface area (Å²) in [5.41, 5.74) is 2.69. The molecule has 4 rings (SSSR count). The maximum Gasteiger partial charge on any atom is 0.242 e. The van der Waals surface area contributed by atoms with Crippen molar-refractivity contribution in [2.24, 2.45) is 0 Å². The van der Waals surface area contributed by atoms with Gasteiger partial charge in [-0.1, -0.05) is 29.4 Å². The van der Waals surface area contributed by atoms with Crippen LogP contribution in [0.15, 0.2) is 51.9 Å². The third-order valence-electron chi connectivity index (χ3n) is 5.12. The molecule has 1 atom stereocenters. The van der Waals surface area contributed by atoms with Crippen molar-refractivity contribution in [2.75, 3.05) is 5.32 Å². The second-order valence-electron chi connectivity index (χ2n) is 7.91. The van der Waals surface area contributed by atoms with E-state index >= 15 is 0 Å². The smallest absolute Gasteiger partial charge is 0.242 e. The van der Waals surface area contributed by atoms with E-state index in [1.807, 2.05) is 25.1 Å². The number of carbonyl (C=O) groups excluding carboxylic acids is 1. The highest BCUT2D eigenvalue weighted by Crippen LogP contribution is 2.39. The number of nitrogens with one attached hydrogen (secondary N) is 2. The summed E-state index contributed by atoms with van der Waals surface area (Å²) in [5, 5.41) is 6.71. The lowest BCUT2D eigenvalue weighted by Crippen LogP contribution is -2.41. The minimum atomic E-state index is -3.96. The highest BCUT2D eigenvalue weighted by Gasteiger charge is 2.30. The average molecular weight is 441 g/mol. The van der Waals surface area contributed by atoms with Crippen LogP contribution >= 0.6 is 0 Å². The number of benzene rings is 2. The van der Waals surface area contributed by atoms with E-state index in [2.05, 4.69) is 20.2 Å². The van der Waals surface area contributed by atoms with Gasteiger partial charge in [-0.25, -0.2) is 8.42 Å². The molecule has 1 aliphatic rings. The van der Waals surface area contributed by atoms with Crippen molar-refractivity contribution in [3.63, 3.8) is 0 Å². The number of rotatable bonds is 7. The van der Waals surface area contributed by atoms with E-state index in [9.17, 15) is 13.2 Å². The molecule has 9 heteroatoms. The first-order valence-electron chi connectivity index (χ1n) is 10.1. The lowest BCUT2D eigenvalue weighted by atomic mass is 10.1. The Morgan fingerprint density at radius 3 is 2.65 bits per heavy atom. The minimum Gasteiger partial charge on any atom is -0.339 e. The molecular weight excluding hydrogens is 416 g/mol. The quantitative estimate of drug-likeness (QED) is 0.581. The molecule has 2 aromatic carbocycles. The van der Waals surface area contributed by atoms with Crippen LogP contribution in [0.25, 0.3) is 11.4 Å². The Morgan fingerprint density at radius 2 is 1.94 bits per heavy atom. The van der Waals surface area contributed by atoms with Gasteiger partial charge in [0.15, 0.2) is 0 Å². The first-order chi connectivity index (χ1) is 14.7. The molecule has 162 valence electrons. The van der Waals surface area contributed by atoms with E-state index in [4.69, 9.17) is 4.52 Å². The fourth-order valence-electron chi connectivity index (χ4n) is 3.20. The monoisotopic (exact) mass is 440 g/mol. The number of amides is 1. The van der Waals surface area contributed by atoms with Crippen LogP contribution in [0.3, 0.4) is 0 Å². The van der Waals surface area contributed by atoms with Gasteiger partial charge < -0.3 is 9.84 Å². The zero-order chi connectivity index (χ0) is 22.2. The van der Waals surface area contributed by atoms with Gasteiger partial charge in [0.2, 0.25) is 27.6 Å². The Kier molecular flexibility index (Phi) is 5.63. The zero-order valence-electron chi connectivity index (χ0n) is 17.5. The van der Waals surface area contributed by atoms with Gasteiger partial charge in [0.25, 0.3) is 0 Å². The minimum absolute atomic E-state index is 0.0676. The standard InChI is InChI=1S/C22H24N4O4S/c1-13-5-4-6-18(11-13)23-21(27)15(3)26-31(28,29)19-12-17(8-7-14(19)2)20-24-22(30-25-20)16-9-10-16/h4-8,11-12,15-16,26H,9-10H2,1-3H3,(H,23,27). The van der Waals surface area contributed by atoms with Crippen molar-refractivity contribution in [1.29, 1.82) is 0 Å². The van der Waals surface area contributed by atoms with Crippen molar-refractivity contribution in [3.05, 3.63) is 59.5 Å². The normalized spacial score (nSPS) is 14.9. The number of hydrogen-bond donors (Lipinski definition) is 2. The fraction of sp³-hybridized carbons (Fsp3) is 0.318. The molecule has 1 amide bonds. The number of hydrogen-bond acceptors (Lipinski definition) is 6. The number of carbonyl (C=O) groups is 1. The molecule has 8 nitrogen and oxygen atoms in total. The lowest BCUT2D eigenvalue weighted by Gasteiger charge is -2.16. The molecule has 2 N–H and O–H groups in total. The third kappa shape index (κ3) is 4.83. The van der Waals surface area contributed by atoms with Crippen LogP contribution in [0, 0.1) is 13.8 Å². The molecule has 0 saturated heterocycles. The first-order valence-corrected chi connectivity index (χ1v) is 11.6. The molecule has 0 aliphatic heterocycles. The molecule has 1 saturated carbocycles. The second-order valence-corrected chi connectivity index (χ2v) is 9.59. The summed E-state index contributed by atoms with van der Waals surface area (Å²) in [7, 11) is -3.96. The van der Waals surface area contributed by atoms with E-state index < -0.39 is 22.0 Å². The lowest BCUT2D eigenvalue weighted by molar-refractivity contribution is -0.117. The molecule has 31 heavy (non-hydrogen) atoms. The van der Waals surface area contributed by atoms with Crippen LogP contribution < -0.4 is 10.0 Å². The molecule has 1 aromatic heterocycles. The van der Waals surface area contributed by atoms with Crippen LogP contribution in [0.5, 0.6) is 0 Å². The van der Waals surface area contributed by atoms with Gasteiger partial charge in [-0.3, -0.25) is 4.79 Å². The van der Waals surface area contributed by atoms with Crippen molar-refractivity contribution in [1.82, 2.24) is 14.9 Å². The Balaban J connectivity index is 1.52. The summed E-state index contributed by atoms with van der Waals surface area (Å²) >= 11 is 0. The van der Waals surface area contributed by atoms with E-state index in [1.165, 1.54) is 13.0 Å². The highest BCUT2D eigenvalue weighted by molar-refractivity contribution is 7.89. The number of anilines is 1. The van der Waals surface area contributed by atoms with Crippen molar-refractivity contribution in [2.45, 2.75) is 50.5 Å². The van der Waals surface area contributed by atoms with Gasteiger partial charge in [0, 0.05) is 17.2 Å². The van der Waals surface area contributed by atoms with Gasteiger partial charge in [-0.15, -0.1) is 0 Å². The van der Waals surface area contributed by atoms with Crippen LogP contribution in [0.1, 0.15) is 42.7 Å². The predicted octanol–water partition coefficient (Wildman–Crippen LogP) is 3.54. The van der Waals surface area contributed by atoms with Gasteiger partial charge in [-0.2, -0.15) is 9.71 Å².